The molecule has 0 spiro atoms. The summed E-state index contributed by atoms with van der Waals surface area (Å²) >= 11 is 1.63. The van der Waals surface area contributed by atoms with Gasteiger partial charge in [-0.05, 0) is 41.8 Å². The summed E-state index contributed by atoms with van der Waals surface area (Å²) in [5, 5.41) is 12.8. The van der Waals surface area contributed by atoms with Crippen LogP contribution in [-0.4, -0.2) is 20.1 Å². The van der Waals surface area contributed by atoms with Gasteiger partial charge >= 0.3 is 0 Å². The molecule has 6 heteroatoms. The van der Waals surface area contributed by atoms with Gasteiger partial charge in [-0.25, -0.2) is 13.1 Å². The van der Waals surface area contributed by atoms with Gasteiger partial charge in [-0.1, -0.05) is 30.3 Å². The molecule has 0 amide bonds. The summed E-state index contributed by atoms with van der Waals surface area (Å²) in [7, 11) is -3.46. The second-order valence-electron chi connectivity index (χ2n) is 5.71. The van der Waals surface area contributed by atoms with Gasteiger partial charge in [-0.2, -0.15) is 0 Å². The molecule has 0 bridgehead atoms. The fourth-order valence-electron chi connectivity index (χ4n) is 2.88. The lowest BCUT2D eigenvalue weighted by molar-refractivity contribution is 0.0251. The molecule has 2 N–H and O–H groups in total. The Labute approximate surface area is 134 Å². The number of fused-ring (bicyclic) bond motifs is 1. The van der Waals surface area contributed by atoms with E-state index in [2.05, 4.69) is 4.72 Å². The summed E-state index contributed by atoms with van der Waals surface area (Å²) in [5.41, 5.74) is 0.533. The van der Waals surface area contributed by atoms with E-state index in [1.54, 1.807) is 23.5 Å². The predicted molar refractivity (Wildman–Crippen MR) is 88.2 cm³/mol. The Hall–Kier alpha value is -1.21. The third-order valence-electron chi connectivity index (χ3n) is 4.03. The van der Waals surface area contributed by atoms with Crippen molar-refractivity contribution in [3.8, 4) is 0 Å². The number of sulfonamides is 1. The van der Waals surface area contributed by atoms with Gasteiger partial charge in [-0.15, -0.1) is 11.3 Å². The summed E-state index contributed by atoms with van der Waals surface area (Å²) in [6.07, 6.45) is 2.43. The third kappa shape index (κ3) is 3.41. The second-order valence-corrected chi connectivity index (χ2v) is 8.52. The first-order chi connectivity index (χ1) is 10.5. The van der Waals surface area contributed by atoms with Crippen molar-refractivity contribution in [3.05, 3.63) is 57.8 Å². The van der Waals surface area contributed by atoms with Crippen LogP contribution in [0.2, 0.25) is 0 Å². The van der Waals surface area contributed by atoms with Crippen LogP contribution in [0, 0.1) is 0 Å². The SMILES string of the molecule is O=S(=O)(Cc1ccccc1)NCC1(O)CCCc2sccc21. The van der Waals surface area contributed by atoms with Crippen LogP contribution < -0.4 is 4.72 Å². The lowest BCUT2D eigenvalue weighted by atomic mass is 9.83. The topological polar surface area (TPSA) is 66.4 Å². The number of hydrogen-bond acceptors (Lipinski definition) is 4. The van der Waals surface area contributed by atoms with Crippen molar-refractivity contribution < 1.29 is 13.5 Å². The zero-order valence-corrected chi connectivity index (χ0v) is 13.8. The summed E-state index contributed by atoms with van der Waals surface area (Å²) in [6.45, 7) is 0.0336. The molecule has 1 heterocycles. The maximum absolute atomic E-state index is 12.2. The van der Waals surface area contributed by atoms with Gasteiger partial charge in [0.15, 0.2) is 0 Å². The van der Waals surface area contributed by atoms with Crippen LogP contribution in [0.3, 0.4) is 0 Å². The van der Waals surface area contributed by atoms with Gasteiger partial charge in [0.25, 0.3) is 0 Å². The monoisotopic (exact) mass is 337 g/mol. The highest BCUT2D eigenvalue weighted by molar-refractivity contribution is 7.88. The van der Waals surface area contributed by atoms with Crippen LogP contribution >= 0.6 is 11.3 Å². The molecule has 0 fully saturated rings. The van der Waals surface area contributed by atoms with E-state index in [1.165, 1.54) is 0 Å². The zero-order chi connectivity index (χ0) is 15.6. The maximum atomic E-state index is 12.2. The van der Waals surface area contributed by atoms with Crippen LogP contribution in [0.1, 0.15) is 28.8 Å². The lowest BCUT2D eigenvalue weighted by Gasteiger charge is -2.32. The molecule has 2 aromatic rings. The molecule has 0 saturated carbocycles. The van der Waals surface area contributed by atoms with E-state index in [9.17, 15) is 13.5 Å². The largest absolute Gasteiger partial charge is 0.384 e. The summed E-state index contributed by atoms with van der Waals surface area (Å²) < 4.78 is 27.0. The molecule has 1 aromatic heterocycles. The maximum Gasteiger partial charge on any atom is 0.215 e. The quantitative estimate of drug-likeness (QED) is 0.880. The van der Waals surface area contributed by atoms with E-state index >= 15 is 0 Å². The summed E-state index contributed by atoms with van der Waals surface area (Å²) in [5.74, 6) is -0.0690. The number of aliphatic hydroxyl groups is 1. The molecule has 0 aliphatic heterocycles. The van der Waals surface area contributed by atoms with Gasteiger partial charge < -0.3 is 5.11 Å². The van der Waals surface area contributed by atoms with Crippen molar-refractivity contribution in [2.24, 2.45) is 0 Å². The Morgan fingerprint density at radius 2 is 2.00 bits per heavy atom. The van der Waals surface area contributed by atoms with Crippen molar-refractivity contribution in [3.63, 3.8) is 0 Å². The number of nitrogens with one attached hydrogen (secondary N) is 1. The highest BCUT2D eigenvalue weighted by atomic mass is 32.2. The van der Waals surface area contributed by atoms with Crippen molar-refractivity contribution >= 4 is 21.4 Å². The number of thiophene rings is 1. The molecule has 22 heavy (non-hydrogen) atoms. The molecule has 118 valence electrons. The Morgan fingerprint density at radius 3 is 2.77 bits per heavy atom. The Balaban J connectivity index is 1.70. The van der Waals surface area contributed by atoms with E-state index in [1.807, 2.05) is 29.6 Å². The molecule has 0 radical (unpaired) electrons. The first-order valence-corrected chi connectivity index (χ1v) is 9.82. The number of rotatable bonds is 5. The van der Waals surface area contributed by atoms with Crippen LogP contribution in [0.5, 0.6) is 0 Å². The normalized spacial score (nSPS) is 21.5. The molecule has 1 aromatic carbocycles. The molecule has 1 aliphatic rings. The average molecular weight is 337 g/mol. The highest BCUT2D eigenvalue weighted by Crippen LogP contribution is 2.37. The fraction of sp³-hybridized carbons (Fsp3) is 0.375. The molecule has 3 rings (SSSR count). The van der Waals surface area contributed by atoms with Crippen LogP contribution in [0.4, 0.5) is 0 Å². The molecule has 0 saturated heterocycles. The highest BCUT2D eigenvalue weighted by Gasteiger charge is 2.36. The van der Waals surface area contributed by atoms with E-state index in [0.29, 0.717) is 6.42 Å². The fourth-order valence-corrected chi connectivity index (χ4v) is 5.09. The van der Waals surface area contributed by atoms with E-state index in [-0.39, 0.29) is 12.3 Å². The molecule has 4 nitrogen and oxygen atoms in total. The number of benzene rings is 1. The Morgan fingerprint density at radius 1 is 1.23 bits per heavy atom. The Bertz CT molecular complexity index is 740. The minimum Gasteiger partial charge on any atom is -0.384 e. The number of aryl methyl sites for hydroxylation is 1. The average Bonchev–Trinajstić information content (AvgIpc) is 2.97. The zero-order valence-electron chi connectivity index (χ0n) is 12.2. The first-order valence-electron chi connectivity index (χ1n) is 7.29. The molecule has 1 atom stereocenters. The van der Waals surface area contributed by atoms with Crippen LogP contribution in [-0.2, 0) is 27.8 Å². The third-order valence-corrected chi connectivity index (χ3v) is 6.30. The van der Waals surface area contributed by atoms with Crippen molar-refractivity contribution in [1.82, 2.24) is 4.72 Å². The van der Waals surface area contributed by atoms with Crippen molar-refractivity contribution in [1.29, 1.82) is 0 Å². The second kappa shape index (κ2) is 6.12. The van der Waals surface area contributed by atoms with Crippen LogP contribution in [0.25, 0.3) is 0 Å². The van der Waals surface area contributed by atoms with Gasteiger partial charge in [-0.3, -0.25) is 0 Å². The summed E-state index contributed by atoms with van der Waals surface area (Å²) in [6, 6.07) is 11.0. The molecule has 1 unspecified atom stereocenters. The smallest absolute Gasteiger partial charge is 0.215 e. The minimum atomic E-state index is -3.46. The van der Waals surface area contributed by atoms with Gasteiger partial charge in [0.2, 0.25) is 10.0 Å². The minimum absolute atomic E-state index is 0.0336. The number of hydrogen-bond donors (Lipinski definition) is 2. The van der Waals surface area contributed by atoms with E-state index in [4.69, 9.17) is 0 Å². The van der Waals surface area contributed by atoms with E-state index < -0.39 is 15.6 Å². The molecular formula is C16H19NO3S2. The van der Waals surface area contributed by atoms with Gasteiger partial charge in [0, 0.05) is 11.4 Å². The van der Waals surface area contributed by atoms with Gasteiger partial charge in [0.1, 0.15) is 5.60 Å². The predicted octanol–water partition coefficient (Wildman–Crippen LogP) is 2.39. The standard InChI is InChI=1S/C16H19NO3S2/c18-16(9-4-7-15-14(16)8-10-21-15)12-17-22(19,20)11-13-5-2-1-3-6-13/h1-3,5-6,8,10,17-18H,4,7,9,11-12H2. The first kappa shape index (κ1) is 15.7. The molecular weight excluding hydrogens is 318 g/mol. The van der Waals surface area contributed by atoms with Crippen LogP contribution in [0.15, 0.2) is 41.8 Å². The van der Waals surface area contributed by atoms with Crippen molar-refractivity contribution in [2.45, 2.75) is 30.6 Å². The molecule has 1 aliphatic carbocycles. The van der Waals surface area contributed by atoms with Gasteiger partial charge in [0.05, 0.1) is 5.75 Å². The van der Waals surface area contributed by atoms with Crippen molar-refractivity contribution in [2.75, 3.05) is 6.54 Å². The summed E-state index contributed by atoms with van der Waals surface area (Å²) in [4.78, 5) is 1.16. The lowest BCUT2D eigenvalue weighted by Crippen LogP contribution is -2.42. The Kier molecular flexibility index (Phi) is 4.36. The van der Waals surface area contributed by atoms with E-state index in [0.717, 1.165) is 28.8 Å².